The SMILES string of the molecule is CNC(=O)C[C@]1(COC)CCCN1Cc1ccc(Cl)cn1. The summed E-state index contributed by atoms with van der Waals surface area (Å²) in [6, 6.07) is 3.77. The molecule has 1 aliphatic heterocycles. The van der Waals surface area contributed by atoms with Gasteiger partial charge in [-0.3, -0.25) is 14.7 Å². The molecule has 0 spiro atoms. The van der Waals surface area contributed by atoms with E-state index >= 15 is 0 Å². The molecule has 0 unspecified atom stereocenters. The van der Waals surface area contributed by atoms with E-state index in [-0.39, 0.29) is 11.4 Å². The summed E-state index contributed by atoms with van der Waals surface area (Å²) >= 11 is 5.87. The zero-order chi connectivity index (χ0) is 15.3. The van der Waals surface area contributed by atoms with Crippen LogP contribution in [0, 0.1) is 0 Å². The number of halogens is 1. The van der Waals surface area contributed by atoms with E-state index in [2.05, 4.69) is 15.2 Å². The highest BCUT2D eigenvalue weighted by atomic mass is 35.5. The van der Waals surface area contributed by atoms with Crippen molar-refractivity contribution in [2.45, 2.75) is 31.3 Å². The number of amides is 1. The molecule has 116 valence electrons. The van der Waals surface area contributed by atoms with Crippen LogP contribution in [0.4, 0.5) is 0 Å². The van der Waals surface area contributed by atoms with Crippen LogP contribution < -0.4 is 5.32 Å². The number of pyridine rings is 1. The Morgan fingerprint density at radius 3 is 3.00 bits per heavy atom. The first kappa shape index (κ1) is 16.2. The van der Waals surface area contributed by atoms with Crippen molar-refractivity contribution in [2.24, 2.45) is 0 Å². The van der Waals surface area contributed by atoms with Gasteiger partial charge in [0.15, 0.2) is 0 Å². The fraction of sp³-hybridized carbons (Fsp3) is 0.600. The first-order valence-electron chi connectivity index (χ1n) is 7.15. The van der Waals surface area contributed by atoms with Crippen molar-refractivity contribution < 1.29 is 9.53 Å². The molecule has 0 bridgehead atoms. The lowest BCUT2D eigenvalue weighted by Gasteiger charge is -2.37. The number of hydrogen-bond acceptors (Lipinski definition) is 4. The minimum Gasteiger partial charge on any atom is -0.383 e. The monoisotopic (exact) mass is 311 g/mol. The van der Waals surface area contributed by atoms with E-state index in [9.17, 15) is 4.79 Å². The van der Waals surface area contributed by atoms with Crippen LogP contribution in [-0.2, 0) is 16.1 Å². The molecule has 0 radical (unpaired) electrons. The van der Waals surface area contributed by atoms with Crippen molar-refractivity contribution in [3.8, 4) is 0 Å². The van der Waals surface area contributed by atoms with Crippen LogP contribution >= 0.6 is 11.6 Å². The molecular weight excluding hydrogens is 290 g/mol. The molecule has 1 fully saturated rings. The Bertz CT molecular complexity index is 480. The molecule has 0 aliphatic carbocycles. The minimum absolute atomic E-state index is 0.0445. The third-order valence-corrected chi connectivity index (χ3v) is 4.29. The van der Waals surface area contributed by atoms with Gasteiger partial charge in [-0.15, -0.1) is 0 Å². The van der Waals surface area contributed by atoms with Crippen molar-refractivity contribution in [3.63, 3.8) is 0 Å². The van der Waals surface area contributed by atoms with Gasteiger partial charge in [0.05, 0.1) is 22.9 Å². The van der Waals surface area contributed by atoms with Gasteiger partial charge in [0, 0.05) is 33.3 Å². The Morgan fingerprint density at radius 2 is 2.38 bits per heavy atom. The highest BCUT2D eigenvalue weighted by molar-refractivity contribution is 6.30. The van der Waals surface area contributed by atoms with Crippen molar-refractivity contribution >= 4 is 17.5 Å². The van der Waals surface area contributed by atoms with E-state index in [0.29, 0.717) is 24.6 Å². The Hall–Kier alpha value is -1.17. The van der Waals surface area contributed by atoms with Gasteiger partial charge in [-0.25, -0.2) is 0 Å². The van der Waals surface area contributed by atoms with Crippen LogP contribution in [-0.4, -0.2) is 48.6 Å². The number of ether oxygens (including phenoxy) is 1. The molecule has 21 heavy (non-hydrogen) atoms. The largest absolute Gasteiger partial charge is 0.383 e. The lowest BCUT2D eigenvalue weighted by atomic mass is 9.92. The van der Waals surface area contributed by atoms with E-state index < -0.39 is 0 Å². The maximum atomic E-state index is 11.9. The number of hydrogen-bond donors (Lipinski definition) is 1. The molecule has 0 saturated carbocycles. The molecule has 1 aliphatic rings. The molecule has 1 saturated heterocycles. The molecule has 2 rings (SSSR count). The minimum atomic E-state index is -0.240. The van der Waals surface area contributed by atoms with Gasteiger partial charge in [0.1, 0.15) is 0 Å². The van der Waals surface area contributed by atoms with E-state index in [4.69, 9.17) is 16.3 Å². The first-order valence-corrected chi connectivity index (χ1v) is 7.52. The van der Waals surface area contributed by atoms with E-state index in [1.807, 2.05) is 12.1 Å². The van der Waals surface area contributed by atoms with Gasteiger partial charge in [0.25, 0.3) is 0 Å². The number of carbonyl (C=O) groups excluding carboxylic acids is 1. The lowest BCUT2D eigenvalue weighted by molar-refractivity contribution is -0.124. The van der Waals surface area contributed by atoms with Crippen molar-refractivity contribution in [1.82, 2.24) is 15.2 Å². The standard InChI is InChI=1S/C15H22ClN3O2/c1-17-14(20)8-15(11-21-2)6-3-7-19(15)10-13-5-4-12(16)9-18-13/h4-5,9H,3,6-8,10-11H2,1-2H3,(H,17,20)/t15-/m0/s1. The van der Waals surface area contributed by atoms with E-state index in [0.717, 1.165) is 25.1 Å². The molecule has 0 aromatic carbocycles. The summed E-state index contributed by atoms with van der Waals surface area (Å²) in [6.07, 6.45) is 4.13. The van der Waals surface area contributed by atoms with Gasteiger partial charge in [-0.1, -0.05) is 11.6 Å². The van der Waals surface area contributed by atoms with Crippen molar-refractivity contribution in [1.29, 1.82) is 0 Å². The molecule has 5 nitrogen and oxygen atoms in total. The van der Waals surface area contributed by atoms with Crippen molar-refractivity contribution in [3.05, 3.63) is 29.0 Å². The summed E-state index contributed by atoms with van der Waals surface area (Å²) in [5.41, 5.74) is 0.717. The number of likely N-dealkylation sites (tertiary alicyclic amines) is 1. The Morgan fingerprint density at radius 1 is 1.57 bits per heavy atom. The lowest BCUT2D eigenvalue weighted by Crippen LogP contribution is -2.50. The number of rotatable bonds is 6. The van der Waals surface area contributed by atoms with Crippen LogP contribution in [0.2, 0.25) is 5.02 Å². The second kappa shape index (κ2) is 7.20. The number of aromatic nitrogens is 1. The molecule has 2 heterocycles. The highest BCUT2D eigenvalue weighted by Gasteiger charge is 2.42. The van der Waals surface area contributed by atoms with Gasteiger partial charge >= 0.3 is 0 Å². The normalized spacial score (nSPS) is 22.4. The molecule has 1 atom stereocenters. The first-order chi connectivity index (χ1) is 10.1. The van der Waals surface area contributed by atoms with Gasteiger partial charge in [-0.2, -0.15) is 0 Å². The fourth-order valence-electron chi connectivity index (χ4n) is 3.01. The summed E-state index contributed by atoms with van der Waals surface area (Å²) in [5, 5.41) is 3.35. The Balaban J connectivity index is 2.14. The number of methoxy groups -OCH3 is 1. The molecule has 1 N–H and O–H groups in total. The van der Waals surface area contributed by atoms with Crippen LogP contribution in [0.1, 0.15) is 25.0 Å². The number of nitrogens with one attached hydrogen (secondary N) is 1. The third-order valence-electron chi connectivity index (χ3n) is 4.06. The van der Waals surface area contributed by atoms with E-state index in [1.54, 1.807) is 20.4 Å². The van der Waals surface area contributed by atoms with Gasteiger partial charge in [0.2, 0.25) is 5.91 Å². The zero-order valence-electron chi connectivity index (χ0n) is 12.6. The van der Waals surface area contributed by atoms with Crippen LogP contribution in [0.15, 0.2) is 18.3 Å². The molecular formula is C15H22ClN3O2. The summed E-state index contributed by atoms with van der Waals surface area (Å²) in [7, 11) is 3.35. The predicted octanol–water partition coefficient (Wildman–Crippen LogP) is 1.85. The molecule has 1 amide bonds. The average Bonchev–Trinajstić information content (AvgIpc) is 2.84. The Kier molecular flexibility index (Phi) is 5.56. The van der Waals surface area contributed by atoms with Gasteiger partial charge < -0.3 is 10.1 Å². The predicted molar refractivity (Wildman–Crippen MR) is 82.2 cm³/mol. The average molecular weight is 312 g/mol. The summed E-state index contributed by atoms with van der Waals surface area (Å²) in [6.45, 7) is 2.20. The second-order valence-electron chi connectivity index (χ2n) is 5.50. The zero-order valence-corrected chi connectivity index (χ0v) is 13.3. The molecule has 6 heteroatoms. The third kappa shape index (κ3) is 3.93. The maximum Gasteiger partial charge on any atom is 0.221 e. The van der Waals surface area contributed by atoms with Crippen LogP contribution in [0.3, 0.4) is 0 Å². The summed E-state index contributed by atoms with van der Waals surface area (Å²) in [5.74, 6) is 0.0445. The highest BCUT2D eigenvalue weighted by Crippen LogP contribution is 2.34. The van der Waals surface area contributed by atoms with Crippen LogP contribution in [0.25, 0.3) is 0 Å². The molecule has 1 aromatic heterocycles. The van der Waals surface area contributed by atoms with Crippen LogP contribution in [0.5, 0.6) is 0 Å². The second-order valence-corrected chi connectivity index (χ2v) is 5.94. The van der Waals surface area contributed by atoms with E-state index in [1.165, 1.54) is 0 Å². The summed E-state index contributed by atoms with van der Waals surface area (Å²) in [4.78, 5) is 18.5. The topological polar surface area (TPSA) is 54.5 Å². The molecule has 1 aromatic rings. The fourth-order valence-corrected chi connectivity index (χ4v) is 3.12. The smallest absolute Gasteiger partial charge is 0.221 e. The Labute approximate surface area is 130 Å². The quantitative estimate of drug-likeness (QED) is 0.871. The number of carbonyl (C=O) groups is 1. The van der Waals surface area contributed by atoms with Crippen molar-refractivity contribution in [2.75, 3.05) is 27.3 Å². The number of nitrogens with zero attached hydrogens (tertiary/aromatic N) is 2. The summed E-state index contributed by atoms with van der Waals surface area (Å²) < 4.78 is 5.40. The van der Waals surface area contributed by atoms with Gasteiger partial charge in [-0.05, 0) is 31.5 Å². The maximum absolute atomic E-state index is 11.9.